The fraction of sp³-hybridized carbons (Fsp3) is 0.133. The van der Waals surface area contributed by atoms with Gasteiger partial charge in [-0.2, -0.15) is 4.39 Å². The number of carbonyl (C=O) groups is 2. The lowest BCUT2D eigenvalue weighted by atomic mass is 10.1. The van der Waals surface area contributed by atoms with Crippen LogP contribution in [0.2, 0.25) is 0 Å². The second kappa shape index (κ2) is 6.13. The summed E-state index contributed by atoms with van der Waals surface area (Å²) in [5.41, 5.74) is 6.28. The van der Waals surface area contributed by atoms with Crippen LogP contribution in [0.4, 0.5) is 4.39 Å². The van der Waals surface area contributed by atoms with Gasteiger partial charge < -0.3 is 10.6 Å². The number of carbonyl (C=O) groups excluding carboxylic acids is 2. The molecule has 0 saturated carbocycles. The van der Waals surface area contributed by atoms with Gasteiger partial charge in [0.1, 0.15) is 0 Å². The second-order valence-electron chi connectivity index (χ2n) is 4.56. The number of hydrogen-bond acceptors (Lipinski definition) is 3. The third-order valence-electron chi connectivity index (χ3n) is 2.99. The summed E-state index contributed by atoms with van der Waals surface area (Å²) in [6.07, 6.45) is 1.29. The van der Waals surface area contributed by atoms with E-state index in [9.17, 15) is 14.0 Å². The zero-order valence-electron chi connectivity index (χ0n) is 11.4. The molecule has 1 aromatic carbocycles. The highest BCUT2D eigenvalue weighted by Gasteiger charge is 2.16. The molecule has 2 amide bonds. The summed E-state index contributed by atoms with van der Waals surface area (Å²) in [6, 6.07) is 9.46. The standard InChI is InChI=1S/C15H14FN3O2/c1-19(15(21)12-3-2-8-18-13(12)16)9-10-4-6-11(7-5-10)14(17)20/h2-8H,9H2,1H3,(H2,17,20). The Morgan fingerprint density at radius 1 is 1.24 bits per heavy atom. The average molecular weight is 287 g/mol. The average Bonchev–Trinajstić information content (AvgIpc) is 2.47. The van der Waals surface area contributed by atoms with E-state index in [0.717, 1.165) is 5.56 Å². The largest absolute Gasteiger partial charge is 0.366 e. The minimum atomic E-state index is -0.793. The monoisotopic (exact) mass is 287 g/mol. The van der Waals surface area contributed by atoms with Crippen molar-refractivity contribution in [3.05, 3.63) is 65.2 Å². The first-order valence-electron chi connectivity index (χ1n) is 6.24. The van der Waals surface area contributed by atoms with Gasteiger partial charge in [0.25, 0.3) is 5.91 Å². The molecule has 0 bridgehead atoms. The summed E-state index contributed by atoms with van der Waals surface area (Å²) < 4.78 is 13.5. The van der Waals surface area contributed by atoms with Gasteiger partial charge >= 0.3 is 0 Å². The molecular formula is C15H14FN3O2. The molecule has 5 nitrogen and oxygen atoms in total. The van der Waals surface area contributed by atoms with Gasteiger partial charge in [0, 0.05) is 25.4 Å². The fourth-order valence-corrected chi connectivity index (χ4v) is 1.87. The predicted molar refractivity (Wildman–Crippen MR) is 75.0 cm³/mol. The summed E-state index contributed by atoms with van der Waals surface area (Å²) in [4.78, 5) is 27.9. The molecule has 0 aliphatic heterocycles. The van der Waals surface area contributed by atoms with Crippen molar-refractivity contribution in [1.29, 1.82) is 0 Å². The first-order valence-corrected chi connectivity index (χ1v) is 6.24. The SMILES string of the molecule is CN(Cc1ccc(C(N)=O)cc1)C(=O)c1cccnc1F. The van der Waals surface area contributed by atoms with Gasteiger partial charge in [-0.3, -0.25) is 9.59 Å². The molecule has 0 atom stereocenters. The molecule has 1 heterocycles. The number of primary amides is 1. The normalized spacial score (nSPS) is 10.2. The van der Waals surface area contributed by atoms with Crippen molar-refractivity contribution in [2.24, 2.45) is 5.73 Å². The number of aromatic nitrogens is 1. The maximum atomic E-state index is 13.5. The highest BCUT2D eigenvalue weighted by Crippen LogP contribution is 2.11. The lowest BCUT2D eigenvalue weighted by Gasteiger charge is -2.17. The van der Waals surface area contributed by atoms with Crippen LogP contribution in [0.25, 0.3) is 0 Å². The number of benzene rings is 1. The van der Waals surface area contributed by atoms with Crippen LogP contribution in [-0.2, 0) is 6.54 Å². The summed E-state index contributed by atoms with van der Waals surface area (Å²) >= 11 is 0. The highest BCUT2D eigenvalue weighted by molar-refractivity contribution is 5.94. The Balaban J connectivity index is 2.10. The Morgan fingerprint density at radius 2 is 1.90 bits per heavy atom. The van der Waals surface area contributed by atoms with Crippen LogP contribution in [0, 0.1) is 5.95 Å². The molecule has 0 radical (unpaired) electrons. The van der Waals surface area contributed by atoms with Crippen LogP contribution < -0.4 is 5.73 Å². The van der Waals surface area contributed by atoms with E-state index >= 15 is 0 Å². The lowest BCUT2D eigenvalue weighted by molar-refractivity contribution is 0.0779. The first kappa shape index (κ1) is 14.6. The maximum absolute atomic E-state index is 13.5. The van der Waals surface area contributed by atoms with Crippen molar-refractivity contribution in [2.45, 2.75) is 6.54 Å². The van der Waals surface area contributed by atoms with Gasteiger partial charge in [0.2, 0.25) is 11.9 Å². The molecule has 2 rings (SSSR count). The van der Waals surface area contributed by atoms with E-state index in [4.69, 9.17) is 5.73 Å². The molecule has 2 N–H and O–H groups in total. The van der Waals surface area contributed by atoms with Gasteiger partial charge in [-0.05, 0) is 29.8 Å². The van der Waals surface area contributed by atoms with Crippen molar-refractivity contribution in [1.82, 2.24) is 9.88 Å². The predicted octanol–water partition coefficient (Wildman–Crippen LogP) is 1.59. The molecular weight excluding hydrogens is 273 g/mol. The van der Waals surface area contributed by atoms with E-state index in [1.165, 1.54) is 23.2 Å². The smallest absolute Gasteiger partial charge is 0.258 e. The molecule has 21 heavy (non-hydrogen) atoms. The Bertz CT molecular complexity index is 671. The molecule has 0 spiro atoms. The molecule has 0 aliphatic carbocycles. The van der Waals surface area contributed by atoms with E-state index in [2.05, 4.69) is 4.98 Å². The van der Waals surface area contributed by atoms with Crippen molar-refractivity contribution in [3.8, 4) is 0 Å². The van der Waals surface area contributed by atoms with Crippen molar-refractivity contribution in [2.75, 3.05) is 7.05 Å². The molecule has 108 valence electrons. The number of halogens is 1. The Kier molecular flexibility index (Phi) is 4.27. The van der Waals surface area contributed by atoms with E-state index in [-0.39, 0.29) is 12.1 Å². The number of nitrogens with zero attached hydrogens (tertiary/aromatic N) is 2. The Labute approximate surface area is 121 Å². The fourth-order valence-electron chi connectivity index (χ4n) is 1.87. The Hall–Kier alpha value is -2.76. The van der Waals surface area contributed by atoms with Gasteiger partial charge in [-0.1, -0.05) is 12.1 Å². The first-order chi connectivity index (χ1) is 9.99. The Morgan fingerprint density at radius 3 is 2.48 bits per heavy atom. The number of nitrogens with two attached hydrogens (primary N) is 1. The van der Waals surface area contributed by atoms with Crippen LogP contribution in [0.5, 0.6) is 0 Å². The molecule has 0 unspecified atom stereocenters. The van der Waals surface area contributed by atoms with Gasteiger partial charge in [-0.15, -0.1) is 0 Å². The molecule has 1 aromatic heterocycles. The number of amides is 2. The summed E-state index contributed by atoms with van der Waals surface area (Å²) in [6.45, 7) is 0.284. The maximum Gasteiger partial charge on any atom is 0.258 e. The van der Waals surface area contributed by atoms with E-state index in [1.807, 2.05) is 0 Å². The van der Waals surface area contributed by atoms with Crippen LogP contribution in [0.15, 0.2) is 42.6 Å². The summed E-state index contributed by atoms with van der Waals surface area (Å²) in [5, 5.41) is 0. The van der Waals surface area contributed by atoms with Gasteiger partial charge in [0.15, 0.2) is 0 Å². The third-order valence-corrected chi connectivity index (χ3v) is 2.99. The van der Waals surface area contributed by atoms with Gasteiger partial charge in [-0.25, -0.2) is 4.98 Å². The number of pyridine rings is 1. The van der Waals surface area contributed by atoms with Crippen LogP contribution in [0.3, 0.4) is 0 Å². The van der Waals surface area contributed by atoms with E-state index < -0.39 is 17.8 Å². The minimum Gasteiger partial charge on any atom is -0.366 e. The summed E-state index contributed by atoms with van der Waals surface area (Å²) in [7, 11) is 1.57. The van der Waals surface area contributed by atoms with Crippen LogP contribution in [0.1, 0.15) is 26.3 Å². The van der Waals surface area contributed by atoms with Crippen molar-refractivity contribution in [3.63, 3.8) is 0 Å². The quantitative estimate of drug-likeness (QED) is 0.868. The van der Waals surface area contributed by atoms with Crippen molar-refractivity contribution < 1.29 is 14.0 Å². The second-order valence-corrected chi connectivity index (χ2v) is 4.56. The van der Waals surface area contributed by atoms with Gasteiger partial charge in [0.05, 0.1) is 5.56 Å². The lowest BCUT2D eigenvalue weighted by Crippen LogP contribution is -2.27. The molecule has 0 aliphatic rings. The third kappa shape index (κ3) is 3.42. The molecule has 0 fully saturated rings. The summed E-state index contributed by atoms with van der Waals surface area (Å²) in [5.74, 6) is -1.76. The zero-order valence-corrected chi connectivity index (χ0v) is 11.4. The molecule has 6 heteroatoms. The van der Waals surface area contributed by atoms with Crippen molar-refractivity contribution >= 4 is 11.8 Å². The minimum absolute atomic E-state index is 0.0752. The van der Waals surface area contributed by atoms with Crippen LogP contribution >= 0.6 is 0 Å². The van der Waals surface area contributed by atoms with E-state index in [0.29, 0.717) is 5.56 Å². The number of hydrogen-bond donors (Lipinski definition) is 1. The highest BCUT2D eigenvalue weighted by atomic mass is 19.1. The van der Waals surface area contributed by atoms with E-state index in [1.54, 1.807) is 31.3 Å². The number of rotatable bonds is 4. The zero-order chi connectivity index (χ0) is 15.4. The van der Waals surface area contributed by atoms with Crippen LogP contribution in [-0.4, -0.2) is 28.7 Å². The molecule has 0 saturated heterocycles. The topological polar surface area (TPSA) is 76.3 Å². The molecule has 2 aromatic rings.